The van der Waals surface area contributed by atoms with Gasteiger partial charge in [-0.05, 0) is 42.3 Å². The normalized spacial score (nSPS) is 11.0. The quantitative estimate of drug-likeness (QED) is 0.457. The molecule has 4 rings (SSSR count). The SMILES string of the molecule is COc1cccc(CNc2c(Nc3cc(C)c4[nH]ncc4c3)c(=O)c2=O)c1. The van der Waals surface area contributed by atoms with Crippen molar-refractivity contribution in [3.05, 3.63) is 74.2 Å². The second kappa shape index (κ2) is 6.60. The molecule has 0 fully saturated rings. The standard InChI is InChI=1S/C20H18N4O3/c1-11-6-14(8-13-10-22-24-16(11)13)23-18-17(19(25)20(18)26)21-9-12-4-3-5-15(7-12)27-2/h3-8,10,21,23H,9H2,1-2H3,(H,22,24). The van der Waals surface area contributed by atoms with E-state index in [0.717, 1.165) is 33.5 Å². The average molecular weight is 362 g/mol. The molecule has 0 aliphatic carbocycles. The number of hydrogen-bond acceptors (Lipinski definition) is 6. The highest BCUT2D eigenvalue weighted by Crippen LogP contribution is 2.26. The third-order valence-corrected chi connectivity index (χ3v) is 4.53. The first-order valence-corrected chi connectivity index (χ1v) is 8.47. The molecule has 0 atom stereocenters. The van der Waals surface area contributed by atoms with E-state index < -0.39 is 10.9 Å². The van der Waals surface area contributed by atoms with Crippen molar-refractivity contribution in [1.29, 1.82) is 0 Å². The monoisotopic (exact) mass is 362 g/mol. The second-order valence-electron chi connectivity index (χ2n) is 6.37. The number of rotatable bonds is 6. The third kappa shape index (κ3) is 3.03. The summed E-state index contributed by atoms with van der Waals surface area (Å²) in [5.74, 6) is 0.738. The minimum atomic E-state index is -0.520. The van der Waals surface area contributed by atoms with Crippen molar-refractivity contribution in [3.8, 4) is 5.75 Å². The Morgan fingerprint density at radius 2 is 1.93 bits per heavy atom. The molecule has 0 amide bonds. The highest BCUT2D eigenvalue weighted by Gasteiger charge is 2.21. The van der Waals surface area contributed by atoms with Gasteiger partial charge in [0.1, 0.15) is 17.1 Å². The fourth-order valence-corrected chi connectivity index (χ4v) is 3.10. The van der Waals surface area contributed by atoms with Gasteiger partial charge >= 0.3 is 0 Å². The Morgan fingerprint density at radius 1 is 1.11 bits per heavy atom. The number of fused-ring (bicyclic) bond motifs is 1. The second-order valence-corrected chi connectivity index (χ2v) is 6.37. The van der Waals surface area contributed by atoms with E-state index in [-0.39, 0.29) is 5.69 Å². The van der Waals surface area contributed by atoms with Crippen molar-refractivity contribution in [1.82, 2.24) is 10.2 Å². The molecule has 0 unspecified atom stereocenters. The summed E-state index contributed by atoms with van der Waals surface area (Å²) < 4.78 is 5.20. The van der Waals surface area contributed by atoms with E-state index in [1.807, 2.05) is 43.3 Å². The first-order chi connectivity index (χ1) is 13.1. The molecule has 27 heavy (non-hydrogen) atoms. The molecule has 0 spiro atoms. The van der Waals surface area contributed by atoms with Gasteiger partial charge in [-0.15, -0.1) is 0 Å². The van der Waals surface area contributed by atoms with Crippen molar-refractivity contribution in [2.75, 3.05) is 17.7 Å². The van der Waals surface area contributed by atoms with Crippen LogP contribution in [0.5, 0.6) is 5.75 Å². The number of aromatic nitrogens is 2. The zero-order chi connectivity index (χ0) is 19.0. The first-order valence-electron chi connectivity index (χ1n) is 8.47. The molecule has 0 aliphatic rings. The lowest BCUT2D eigenvalue weighted by molar-refractivity contribution is 0.414. The number of benzene rings is 2. The molecular formula is C20H18N4O3. The average Bonchev–Trinajstić information content (AvgIpc) is 3.16. The van der Waals surface area contributed by atoms with Crippen LogP contribution in [0.1, 0.15) is 11.1 Å². The van der Waals surface area contributed by atoms with Crippen molar-refractivity contribution in [2.24, 2.45) is 0 Å². The highest BCUT2D eigenvalue weighted by molar-refractivity contribution is 5.87. The van der Waals surface area contributed by atoms with Crippen LogP contribution < -0.4 is 26.2 Å². The molecule has 136 valence electrons. The number of ether oxygens (including phenoxy) is 1. The Balaban J connectivity index is 1.56. The van der Waals surface area contributed by atoms with Crippen LogP contribution in [0.4, 0.5) is 17.1 Å². The minimum absolute atomic E-state index is 0.283. The van der Waals surface area contributed by atoms with Crippen LogP contribution in [0.25, 0.3) is 10.9 Å². The Labute approximate surface area is 154 Å². The lowest BCUT2D eigenvalue weighted by Gasteiger charge is -2.15. The summed E-state index contributed by atoms with van der Waals surface area (Å²) in [7, 11) is 1.60. The van der Waals surface area contributed by atoms with Gasteiger partial charge in [0.2, 0.25) is 0 Å². The van der Waals surface area contributed by atoms with Crippen LogP contribution in [0, 0.1) is 6.92 Å². The zero-order valence-corrected chi connectivity index (χ0v) is 14.9. The fraction of sp³-hybridized carbons (Fsp3) is 0.150. The number of anilines is 3. The zero-order valence-electron chi connectivity index (χ0n) is 14.9. The van der Waals surface area contributed by atoms with Crippen molar-refractivity contribution >= 4 is 28.0 Å². The number of hydrogen-bond donors (Lipinski definition) is 3. The van der Waals surface area contributed by atoms with Crippen molar-refractivity contribution in [2.45, 2.75) is 13.5 Å². The van der Waals surface area contributed by atoms with Crippen LogP contribution in [0.3, 0.4) is 0 Å². The lowest BCUT2D eigenvalue weighted by Crippen LogP contribution is -2.36. The molecule has 1 heterocycles. The summed E-state index contributed by atoms with van der Waals surface area (Å²) in [4.78, 5) is 24.0. The molecule has 7 nitrogen and oxygen atoms in total. The summed E-state index contributed by atoms with van der Waals surface area (Å²) in [6.07, 6.45) is 1.72. The summed E-state index contributed by atoms with van der Waals surface area (Å²) in [5, 5.41) is 14.0. The Morgan fingerprint density at radius 3 is 2.74 bits per heavy atom. The summed E-state index contributed by atoms with van der Waals surface area (Å²) in [6.45, 7) is 2.37. The molecular weight excluding hydrogens is 344 g/mol. The van der Waals surface area contributed by atoms with Gasteiger partial charge in [0, 0.05) is 17.6 Å². The molecule has 0 radical (unpaired) electrons. The maximum Gasteiger partial charge on any atom is 0.253 e. The summed E-state index contributed by atoms with van der Waals surface area (Å²) in [6, 6.07) is 11.3. The number of nitrogens with one attached hydrogen (secondary N) is 3. The van der Waals surface area contributed by atoms with Gasteiger partial charge in [-0.2, -0.15) is 5.10 Å². The van der Waals surface area contributed by atoms with E-state index in [1.54, 1.807) is 13.3 Å². The lowest BCUT2D eigenvalue weighted by atomic mass is 10.1. The van der Waals surface area contributed by atoms with Gasteiger partial charge in [0.25, 0.3) is 10.9 Å². The molecule has 3 aromatic carbocycles. The van der Waals surface area contributed by atoms with Gasteiger partial charge in [0.05, 0.1) is 18.8 Å². The minimum Gasteiger partial charge on any atom is -0.497 e. The van der Waals surface area contributed by atoms with Crippen LogP contribution in [0.15, 0.2) is 52.2 Å². The number of methoxy groups -OCH3 is 1. The highest BCUT2D eigenvalue weighted by atomic mass is 16.5. The largest absolute Gasteiger partial charge is 0.497 e. The van der Waals surface area contributed by atoms with Crippen molar-refractivity contribution in [3.63, 3.8) is 0 Å². The molecule has 4 aromatic rings. The first kappa shape index (κ1) is 16.8. The van der Waals surface area contributed by atoms with Crippen LogP contribution >= 0.6 is 0 Å². The third-order valence-electron chi connectivity index (χ3n) is 4.53. The van der Waals surface area contributed by atoms with Gasteiger partial charge in [0.15, 0.2) is 0 Å². The van der Waals surface area contributed by atoms with E-state index in [4.69, 9.17) is 4.74 Å². The van der Waals surface area contributed by atoms with Gasteiger partial charge in [-0.25, -0.2) is 0 Å². The maximum atomic E-state index is 12.0. The number of nitrogens with zero attached hydrogens (tertiary/aromatic N) is 1. The van der Waals surface area contributed by atoms with E-state index >= 15 is 0 Å². The summed E-state index contributed by atoms with van der Waals surface area (Å²) >= 11 is 0. The van der Waals surface area contributed by atoms with Gasteiger partial charge in [-0.1, -0.05) is 12.1 Å². The molecule has 7 heteroatoms. The van der Waals surface area contributed by atoms with Crippen LogP contribution in [0.2, 0.25) is 0 Å². The van der Waals surface area contributed by atoms with Gasteiger partial charge in [-0.3, -0.25) is 14.7 Å². The Bertz CT molecular complexity index is 1200. The van der Waals surface area contributed by atoms with Crippen LogP contribution in [-0.4, -0.2) is 17.3 Å². The Hall–Kier alpha value is -3.61. The van der Waals surface area contributed by atoms with Crippen LogP contribution in [-0.2, 0) is 6.54 Å². The molecule has 0 saturated carbocycles. The maximum absolute atomic E-state index is 12.0. The molecule has 0 bridgehead atoms. The van der Waals surface area contributed by atoms with E-state index in [2.05, 4.69) is 20.8 Å². The van der Waals surface area contributed by atoms with Gasteiger partial charge < -0.3 is 15.4 Å². The number of aromatic amines is 1. The predicted octanol–water partition coefficient (Wildman–Crippen LogP) is 2.83. The topological polar surface area (TPSA) is 96.1 Å². The molecule has 1 aromatic heterocycles. The summed E-state index contributed by atoms with van der Waals surface area (Å²) in [5.41, 5.74) is 3.17. The fourth-order valence-electron chi connectivity index (χ4n) is 3.10. The smallest absolute Gasteiger partial charge is 0.253 e. The number of aryl methyl sites for hydroxylation is 1. The predicted molar refractivity (Wildman–Crippen MR) is 106 cm³/mol. The number of H-pyrrole nitrogens is 1. The van der Waals surface area contributed by atoms with E-state index in [9.17, 15) is 9.59 Å². The molecule has 0 saturated heterocycles. The van der Waals surface area contributed by atoms with E-state index in [0.29, 0.717) is 12.2 Å². The molecule has 0 aliphatic heterocycles. The Kier molecular flexibility index (Phi) is 4.12. The van der Waals surface area contributed by atoms with Crippen molar-refractivity contribution < 1.29 is 4.74 Å². The molecule has 3 N–H and O–H groups in total. The van der Waals surface area contributed by atoms with E-state index in [1.165, 1.54) is 0 Å².